The molecule has 2 amide bonds. The third kappa shape index (κ3) is 6.77. The minimum atomic E-state index is -0.0910. The second kappa shape index (κ2) is 11.0. The highest BCUT2D eigenvalue weighted by molar-refractivity contribution is 5.95. The van der Waals surface area contributed by atoms with Crippen LogP contribution in [0.25, 0.3) is 0 Å². The summed E-state index contributed by atoms with van der Waals surface area (Å²) < 4.78 is 0. The maximum absolute atomic E-state index is 12.3. The van der Waals surface area contributed by atoms with Crippen LogP contribution in [0.1, 0.15) is 55.1 Å². The zero-order valence-electron chi connectivity index (χ0n) is 16.1. The monoisotopic (exact) mass is 367 g/mol. The maximum Gasteiger partial charge on any atom is 0.251 e. The van der Waals surface area contributed by atoms with E-state index < -0.39 is 0 Å². The van der Waals surface area contributed by atoms with E-state index in [9.17, 15) is 9.59 Å². The molecule has 0 fully saturated rings. The summed E-state index contributed by atoms with van der Waals surface area (Å²) in [6.45, 7) is 4.96. The number of carbonyl (C=O) groups excluding carboxylic acids is 2. The third-order valence-corrected chi connectivity index (χ3v) is 4.34. The lowest BCUT2D eigenvalue weighted by Gasteiger charge is -2.18. The second-order valence-corrected chi connectivity index (χ2v) is 6.48. The first kappa shape index (κ1) is 20.5. The molecule has 0 heterocycles. The van der Waals surface area contributed by atoms with Crippen molar-refractivity contribution < 1.29 is 9.59 Å². The molecule has 0 saturated carbocycles. The number of unbranched alkanes of at least 4 members (excludes halogenated alkanes) is 1. The van der Waals surface area contributed by atoms with Crippen LogP contribution in [0.15, 0.2) is 54.6 Å². The Labute approximate surface area is 161 Å². The molecule has 5 heteroatoms. The standard InChI is InChI=1S/C22H29N3O2/c1-3-5-14-23-22(27)18-12-9-13-19(15-18)24-16-21(26)25-20(4-2)17-10-7-6-8-11-17/h6-13,15,20,24H,3-5,14,16H2,1-2H3,(H,23,27)(H,25,26). The molecule has 1 unspecified atom stereocenters. The Hall–Kier alpha value is -2.82. The molecule has 1 atom stereocenters. The predicted molar refractivity (Wildman–Crippen MR) is 110 cm³/mol. The van der Waals surface area contributed by atoms with E-state index in [-0.39, 0.29) is 24.4 Å². The van der Waals surface area contributed by atoms with Crippen molar-refractivity contribution >= 4 is 17.5 Å². The molecule has 3 N–H and O–H groups in total. The number of anilines is 1. The van der Waals surface area contributed by atoms with Gasteiger partial charge >= 0.3 is 0 Å². The summed E-state index contributed by atoms with van der Waals surface area (Å²) in [6.07, 6.45) is 2.83. The van der Waals surface area contributed by atoms with Crippen molar-refractivity contribution in [2.45, 2.75) is 39.2 Å². The molecule has 0 aliphatic heterocycles. The molecule has 0 aliphatic rings. The van der Waals surface area contributed by atoms with Gasteiger partial charge in [-0.15, -0.1) is 0 Å². The van der Waals surface area contributed by atoms with Gasteiger partial charge in [0, 0.05) is 17.8 Å². The van der Waals surface area contributed by atoms with Crippen LogP contribution in [-0.4, -0.2) is 24.9 Å². The fraction of sp³-hybridized carbons (Fsp3) is 0.364. The van der Waals surface area contributed by atoms with Crippen molar-refractivity contribution in [2.24, 2.45) is 0 Å². The van der Waals surface area contributed by atoms with Crippen LogP contribution < -0.4 is 16.0 Å². The molecule has 0 aliphatic carbocycles. The number of hydrogen-bond donors (Lipinski definition) is 3. The third-order valence-electron chi connectivity index (χ3n) is 4.34. The lowest BCUT2D eigenvalue weighted by Crippen LogP contribution is -2.33. The van der Waals surface area contributed by atoms with Crippen molar-refractivity contribution in [1.29, 1.82) is 0 Å². The minimum Gasteiger partial charge on any atom is -0.376 e. The van der Waals surface area contributed by atoms with E-state index in [1.807, 2.05) is 49.4 Å². The number of rotatable bonds is 10. The van der Waals surface area contributed by atoms with Crippen LogP contribution in [0.2, 0.25) is 0 Å². The van der Waals surface area contributed by atoms with Crippen LogP contribution in [0.4, 0.5) is 5.69 Å². The number of carbonyl (C=O) groups is 2. The van der Waals surface area contributed by atoms with Gasteiger partial charge in [-0.2, -0.15) is 0 Å². The lowest BCUT2D eigenvalue weighted by molar-refractivity contribution is -0.120. The van der Waals surface area contributed by atoms with Crippen molar-refractivity contribution in [3.63, 3.8) is 0 Å². The van der Waals surface area contributed by atoms with Gasteiger partial charge in [0.15, 0.2) is 0 Å². The van der Waals surface area contributed by atoms with Crippen LogP contribution in [0, 0.1) is 0 Å². The summed E-state index contributed by atoms with van der Waals surface area (Å²) in [5.74, 6) is -0.171. The molecular weight excluding hydrogens is 338 g/mol. The topological polar surface area (TPSA) is 70.2 Å². The van der Waals surface area contributed by atoms with E-state index in [0.29, 0.717) is 12.1 Å². The normalized spacial score (nSPS) is 11.5. The molecule has 2 aromatic rings. The fourth-order valence-corrected chi connectivity index (χ4v) is 2.79. The number of amides is 2. The van der Waals surface area contributed by atoms with E-state index in [1.54, 1.807) is 12.1 Å². The summed E-state index contributed by atoms with van der Waals surface area (Å²) in [5.41, 5.74) is 2.44. The van der Waals surface area contributed by atoms with Gasteiger partial charge in [-0.3, -0.25) is 9.59 Å². The highest BCUT2D eigenvalue weighted by Gasteiger charge is 2.12. The quantitative estimate of drug-likeness (QED) is 0.558. The lowest BCUT2D eigenvalue weighted by atomic mass is 10.0. The van der Waals surface area contributed by atoms with Crippen LogP contribution in [0.3, 0.4) is 0 Å². The van der Waals surface area contributed by atoms with E-state index in [1.165, 1.54) is 0 Å². The molecular formula is C22H29N3O2. The fourth-order valence-electron chi connectivity index (χ4n) is 2.79. The first-order valence-corrected chi connectivity index (χ1v) is 9.60. The largest absolute Gasteiger partial charge is 0.376 e. The molecule has 27 heavy (non-hydrogen) atoms. The molecule has 0 radical (unpaired) electrons. The highest BCUT2D eigenvalue weighted by atomic mass is 16.2. The zero-order valence-corrected chi connectivity index (χ0v) is 16.1. The van der Waals surface area contributed by atoms with E-state index in [0.717, 1.165) is 30.5 Å². The van der Waals surface area contributed by atoms with E-state index in [2.05, 4.69) is 22.9 Å². The summed E-state index contributed by atoms with van der Waals surface area (Å²) in [4.78, 5) is 24.4. The van der Waals surface area contributed by atoms with E-state index in [4.69, 9.17) is 0 Å². The molecule has 0 bridgehead atoms. The molecule has 144 valence electrons. The van der Waals surface area contributed by atoms with Crippen molar-refractivity contribution in [3.8, 4) is 0 Å². The minimum absolute atomic E-state index is 0.00354. The molecule has 5 nitrogen and oxygen atoms in total. The first-order valence-electron chi connectivity index (χ1n) is 9.60. The van der Waals surface area contributed by atoms with Gasteiger partial charge in [0.05, 0.1) is 12.6 Å². The predicted octanol–water partition coefficient (Wildman–Crippen LogP) is 3.90. The van der Waals surface area contributed by atoms with Gasteiger partial charge in [0.25, 0.3) is 5.91 Å². The molecule has 0 saturated heterocycles. The Morgan fingerprint density at radius 2 is 1.78 bits per heavy atom. The number of hydrogen-bond acceptors (Lipinski definition) is 3. The number of nitrogens with one attached hydrogen (secondary N) is 3. The Morgan fingerprint density at radius 3 is 2.48 bits per heavy atom. The average molecular weight is 367 g/mol. The summed E-state index contributed by atoms with van der Waals surface area (Å²) in [5, 5.41) is 9.04. The summed E-state index contributed by atoms with van der Waals surface area (Å²) in [7, 11) is 0. The highest BCUT2D eigenvalue weighted by Crippen LogP contribution is 2.16. The van der Waals surface area contributed by atoms with Gasteiger partial charge in [0.1, 0.15) is 0 Å². The first-order chi connectivity index (χ1) is 13.1. The SMILES string of the molecule is CCCCNC(=O)c1cccc(NCC(=O)NC(CC)c2ccccc2)c1. The van der Waals surface area contributed by atoms with E-state index >= 15 is 0 Å². The molecule has 0 spiro atoms. The Kier molecular flexibility index (Phi) is 8.36. The maximum atomic E-state index is 12.3. The molecule has 2 rings (SSSR count). The number of benzene rings is 2. The van der Waals surface area contributed by atoms with Crippen LogP contribution in [0.5, 0.6) is 0 Å². The molecule has 0 aromatic heterocycles. The van der Waals surface area contributed by atoms with Gasteiger partial charge in [0.2, 0.25) is 5.91 Å². The Balaban J connectivity index is 1.87. The second-order valence-electron chi connectivity index (χ2n) is 6.48. The average Bonchev–Trinajstić information content (AvgIpc) is 2.71. The van der Waals surface area contributed by atoms with Crippen molar-refractivity contribution in [3.05, 3.63) is 65.7 Å². The Bertz CT molecular complexity index is 731. The molecule has 2 aromatic carbocycles. The van der Waals surface area contributed by atoms with Crippen molar-refractivity contribution in [1.82, 2.24) is 10.6 Å². The van der Waals surface area contributed by atoms with Gasteiger partial charge in [-0.1, -0.05) is 56.7 Å². The van der Waals surface area contributed by atoms with Gasteiger partial charge < -0.3 is 16.0 Å². The van der Waals surface area contributed by atoms with Gasteiger partial charge in [-0.05, 0) is 36.6 Å². The van der Waals surface area contributed by atoms with Crippen LogP contribution >= 0.6 is 0 Å². The van der Waals surface area contributed by atoms with Crippen LogP contribution in [-0.2, 0) is 4.79 Å². The summed E-state index contributed by atoms with van der Waals surface area (Å²) in [6, 6.07) is 17.1. The summed E-state index contributed by atoms with van der Waals surface area (Å²) >= 11 is 0. The smallest absolute Gasteiger partial charge is 0.251 e. The zero-order chi connectivity index (χ0) is 19.5. The Morgan fingerprint density at radius 1 is 1.00 bits per heavy atom. The van der Waals surface area contributed by atoms with Gasteiger partial charge in [-0.25, -0.2) is 0 Å². The van der Waals surface area contributed by atoms with Crippen molar-refractivity contribution in [2.75, 3.05) is 18.4 Å².